The Labute approximate surface area is 107 Å². The second-order valence-corrected chi connectivity index (χ2v) is 4.11. The van der Waals surface area contributed by atoms with Gasteiger partial charge in [0.25, 0.3) is 0 Å². The van der Waals surface area contributed by atoms with Gasteiger partial charge in [-0.05, 0) is 24.6 Å². The van der Waals surface area contributed by atoms with Crippen LogP contribution in [0.15, 0.2) is 18.2 Å². The summed E-state index contributed by atoms with van der Waals surface area (Å²) in [6, 6.07) is 3.69. The molecule has 1 atom stereocenters. The molecule has 1 unspecified atom stereocenters. The quantitative estimate of drug-likeness (QED) is 0.681. The number of rotatable bonds is 4. The summed E-state index contributed by atoms with van der Waals surface area (Å²) in [4.78, 5) is -0.154. The third-order valence-electron chi connectivity index (χ3n) is 2.26. The predicted octanol–water partition coefficient (Wildman–Crippen LogP) is 2.93. The van der Waals surface area contributed by atoms with Gasteiger partial charge < -0.3 is 10.5 Å². The van der Waals surface area contributed by atoms with Crippen LogP contribution in [0.5, 0.6) is 0 Å². The zero-order valence-corrected chi connectivity index (χ0v) is 10.2. The van der Waals surface area contributed by atoms with Gasteiger partial charge in [0, 0.05) is 5.56 Å². The molecule has 0 fully saturated rings. The molecular formula is C11H11F4NOS. The van der Waals surface area contributed by atoms with E-state index in [1.807, 2.05) is 0 Å². The molecule has 0 aliphatic carbocycles. The second-order valence-electron chi connectivity index (χ2n) is 3.67. The number of benzene rings is 1. The maximum absolute atomic E-state index is 13.2. The van der Waals surface area contributed by atoms with Gasteiger partial charge in [0.1, 0.15) is 10.8 Å². The van der Waals surface area contributed by atoms with Crippen molar-refractivity contribution in [2.24, 2.45) is 5.73 Å². The lowest BCUT2D eigenvalue weighted by Crippen LogP contribution is -2.28. The minimum absolute atomic E-state index is 0.00855. The monoisotopic (exact) mass is 281 g/mol. The molecule has 0 saturated heterocycles. The van der Waals surface area contributed by atoms with Gasteiger partial charge in [-0.3, -0.25) is 0 Å². The maximum Gasteiger partial charge on any atom is 0.414 e. The summed E-state index contributed by atoms with van der Waals surface area (Å²) >= 11 is 4.62. The Morgan fingerprint density at radius 3 is 2.56 bits per heavy atom. The number of hydrogen-bond donors (Lipinski definition) is 1. The average Bonchev–Trinajstić information content (AvgIpc) is 2.25. The standard InChI is InChI=1S/C11H11F4NOS/c1-6(11(13,14)15)17-5-7-2-3-9(12)8(4-7)10(16)18/h2-4,6H,5H2,1H3,(H2,16,18). The van der Waals surface area contributed by atoms with Crippen LogP contribution < -0.4 is 5.73 Å². The molecule has 7 heteroatoms. The Morgan fingerprint density at radius 2 is 2.06 bits per heavy atom. The van der Waals surface area contributed by atoms with E-state index in [1.165, 1.54) is 12.1 Å². The highest BCUT2D eigenvalue weighted by Gasteiger charge is 2.36. The van der Waals surface area contributed by atoms with Crippen molar-refractivity contribution >= 4 is 17.2 Å². The molecule has 2 N–H and O–H groups in total. The van der Waals surface area contributed by atoms with Crippen LogP contribution in [0.2, 0.25) is 0 Å². The normalized spacial score (nSPS) is 13.4. The van der Waals surface area contributed by atoms with E-state index in [0.717, 1.165) is 13.0 Å². The van der Waals surface area contributed by atoms with E-state index in [-0.39, 0.29) is 17.2 Å². The fourth-order valence-electron chi connectivity index (χ4n) is 1.17. The first-order valence-electron chi connectivity index (χ1n) is 4.98. The topological polar surface area (TPSA) is 35.2 Å². The van der Waals surface area contributed by atoms with Crippen molar-refractivity contribution < 1.29 is 22.3 Å². The largest absolute Gasteiger partial charge is 0.414 e. The predicted molar refractivity (Wildman–Crippen MR) is 62.6 cm³/mol. The molecule has 0 aliphatic rings. The van der Waals surface area contributed by atoms with Gasteiger partial charge >= 0.3 is 6.18 Å². The van der Waals surface area contributed by atoms with E-state index in [2.05, 4.69) is 17.0 Å². The van der Waals surface area contributed by atoms with Crippen LogP contribution in [0.25, 0.3) is 0 Å². The fourth-order valence-corrected chi connectivity index (χ4v) is 1.32. The lowest BCUT2D eigenvalue weighted by atomic mass is 10.1. The number of nitrogens with two attached hydrogens (primary N) is 1. The van der Waals surface area contributed by atoms with Crippen LogP contribution in [0, 0.1) is 5.82 Å². The highest BCUT2D eigenvalue weighted by atomic mass is 32.1. The molecule has 1 aromatic rings. The Kier molecular flexibility index (Phi) is 4.64. The smallest absolute Gasteiger partial charge is 0.389 e. The first-order chi connectivity index (χ1) is 8.21. The maximum atomic E-state index is 13.2. The SMILES string of the molecule is CC(OCc1ccc(F)c(C(N)=S)c1)C(F)(F)F. The van der Waals surface area contributed by atoms with Gasteiger partial charge in [0.05, 0.1) is 6.61 Å². The summed E-state index contributed by atoms with van der Waals surface area (Å²) < 4.78 is 54.4. The molecular weight excluding hydrogens is 270 g/mol. The Morgan fingerprint density at radius 1 is 1.44 bits per heavy atom. The van der Waals surface area contributed by atoms with Crippen LogP contribution in [0.3, 0.4) is 0 Å². The zero-order valence-electron chi connectivity index (χ0n) is 9.42. The molecule has 1 rings (SSSR count). The van der Waals surface area contributed by atoms with E-state index < -0.39 is 18.1 Å². The van der Waals surface area contributed by atoms with Crippen LogP contribution >= 0.6 is 12.2 Å². The van der Waals surface area contributed by atoms with Crippen LogP contribution in [-0.4, -0.2) is 17.3 Å². The van der Waals surface area contributed by atoms with Gasteiger partial charge in [-0.15, -0.1) is 0 Å². The molecule has 2 nitrogen and oxygen atoms in total. The van der Waals surface area contributed by atoms with Gasteiger partial charge in [-0.2, -0.15) is 13.2 Å². The van der Waals surface area contributed by atoms with Crippen molar-refractivity contribution in [2.45, 2.75) is 25.8 Å². The molecule has 0 bridgehead atoms. The Hall–Kier alpha value is -1.21. The van der Waals surface area contributed by atoms with Gasteiger partial charge in [-0.1, -0.05) is 18.3 Å². The van der Waals surface area contributed by atoms with Crippen molar-refractivity contribution in [2.75, 3.05) is 0 Å². The van der Waals surface area contributed by atoms with Crippen LogP contribution in [-0.2, 0) is 11.3 Å². The number of halogens is 4. The van der Waals surface area contributed by atoms with E-state index in [9.17, 15) is 17.6 Å². The molecule has 18 heavy (non-hydrogen) atoms. The van der Waals surface area contributed by atoms with Crippen LogP contribution in [0.4, 0.5) is 17.6 Å². The first kappa shape index (κ1) is 14.8. The molecule has 0 amide bonds. The van der Waals surface area contributed by atoms with Gasteiger partial charge in [-0.25, -0.2) is 4.39 Å². The summed E-state index contributed by atoms with van der Waals surface area (Å²) in [6.07, 6.45) is -6.32. The highest BCUT2D eigenvalue weighted by Crippen LogP contribution is 2.23. The number of hydrogen-bond acceptors (Lipinski definition) is 2. The fraction of sp³-hybridized carbons (Fsp3) is 0.364. The van der Waals surface area contributed by atoms with Gasteiger partial charge in [0.15, 0.2) is 6.10 Å². The first-order valence-corrected chi connectivity index (χ1v) is 5.39. The molecule has 0 aliphatic heterocycles. The highest BCUT2D eigenvalue weighted by molar-refractivity contribution is 7.80. The molecule has 1 aromatic carbocycles. The zero-order chi connectivity index (χ0) is 13.9. The Balaban J connectivity index is 2.75. The van der Waals surface area contributed by atoms with E-state index in [1.54, 1.807) is 0 Å². The van der Waals surface area contributed by atoms with E-state index in [4.69, 9.17) is 5.73 Å². The van der Waals surface area contributed by atoms with Crippen molar-refractivity contribution in [1.82, 2.24) is 0 Å². The van der Waals surface area contributed by atoms with E-state index in [0.29, 0.717) is 5.56 Å². The summed E-state index contributed by atoms with van der Waals surface area (Å²) in [7, 11) is 0. The molecule has 100 valence electrons. The number of thiocarbonyl (C=S) groups is 1. The van der Waals surface area contributed by atoms with Gasteiger partial charge in [0.2, 0.25) is 0 Å². The number of alkyl halides is 3. The van der Waals surface area contributed by atoms with Crippen molar-refractivity contribution in [3.05, 3.63) is 35.1 Å². The molecule has 0 saturated carbocycles. The third kappa shape index (κ3) is 3.92. The number of ether oxygens (including phenoxy) is 1. The van der Waals surface area contributed by atoms with E-state index >= 15 is 0 Å². The Bertz CT molecular complexity index is 447. The van der Waals surface area contributed by atoms with Crippen molar-refractivity contribution in [3.8, 4) is 0 Å². The molecule has 0 spiro atoms. The van der Waals surface area contributed by atoms with Crippen LogP contribution in [0.1, 0.15) is 18.1 Å². The summed E-state index contributed by atoms with van der Waals surface area (Å²) in [5, 5.41) is 0. The second kappa shape index (κ2) is 5.62. The third-order valence-corrected chi connectivity index (χ3v) is 2.48. The minimum atomic E-state index is -4.42. The lowest BCUT2D eigenvalue weighted by molar-refractivity contribution is -0.217. The lowest BCUT2D eigenvalue weighted by Gasteiger charge is -2.16. The minimum Gasteiger partial charge on any atom is -0.389 e. The molecule has 0 radical (unpaired) electrons. The van der Waals surface area contributed by atoms with Crippen molar-refractivity contribution in [3.63, 3.8) is 0 Å². The average molecular weight is 281 g/mol. The molecule has 0 aromatic heterocycles. The summed E-state index contributed by atoms with van der Waals surface area (Å²) in [6.45, 7) is 0.606. The summed E-state index contributed by atoms with van der Waals surface area (Å²) in [5.41, 5.74) is 5.64. The summed E-state index contributed by atoms with van der Waals surface area (Å²) in [5.74, 6) is -0.616. The molecule has 0 heterocycles. The van der Waals surface area contributed by atoms with Crippen molar-refractivity contribution in [1.29, 1.82) is 0 Å².